The first-order valence-electron chi connectivity index (χ1n) is 10.7. The lowest BCUT2D eigenvalue weighted by molar-refractivity contribution is 0.240. The molecule has 1 saturated heterocycles. The molecule has 1 fully saturated rings. The van der Waals surface area contributed by atoms with E-state index in [1.165, 1.54) is 5.56 Å². The average Bonchev–Trinajstić information content (AvgIpc) is 2.76. The number of nitrogens with one attached hydrogen (secondary N) is 1. The molecule has 3 aromatic rings. The number of pyridine rings is 1. The predicted octanol–water partition coefficient (Wildman–Crippen LogP) is 5.26. The summed E-state index contributed by atoms with van der Waals surface area (Å²) in [7, 11) is 0. The van der Waals surface area contributed by atoms with Crippen molar-refractivity contribution in [2.24, 2.45) is 0 Å². The quantitative estimate of drug-likeness (QED) is 0.589. The molecular weight excluding hydrogens is 394 g/mol. The van der Waals surface area contributed by atoms with E-state index in [1.54, 1.807) is 10.6 Å². The molecular formula is C25H28ClN3O. The number of halogens is 1. The lowest BCUT2D eigenvalue weighted by Gasteiger charge is -2.32. The standard InChI is InChI=1S/C25H28ClN3O/c1-2-29-24-11-10-20(26)17-22(24)23(18-25(29)30)27-21-12-15-28(16-13-21)14-6-9-19-7-4-3-5-8-19/h3-11,17-18,21,27H,2,12-16H2,1H3. The second-order valence-electron chi connectivity index (χ2n) is 7.83. The maximum Gasteiger partial charge on any atom is 0.253 e. The summed E-state index contributed by atoms with van der Waals surface area (Å²) in [4.78, 5) is 15.0. The monoisotopic (exact) mass is 421 g/mol. The zero-order valence-corrected chi connectivity index (χ0v) is 18.1. The maximum absolute atomic E-state index is 12.6. The molecule has 4 nitrogen and oxygen atoms in total. The molecule has 0 unspecified atom stereocenters. The number of aryl methyl sites for hydroxylation is 1. The molecule has 2 heterocycles. The molecule has 30 heavy (non-hydrogen) atoms. The Bertz CT molecular complexity index is 1080. The number of hydrogen-bond donors (Lipinski definition) is 1. The Morgan fingerprint density at radius 3 is 2.60 bits per heavy atom. The molecule has 0 amide bonds. The van der Waals surface area contributed by atoms with Gasteiger partial charge >= 0.3 is 0 Å². The van der Waals surface area contributed by atoms with E-state index in [4.69, 9.17) is 11.6 Å². The zero-order valence-electron chi connectivity index (χ0n) is 17.4. The second kappa shape index (κ2) is 9.50. The predicted molar refractivity (Wildman–Crippen MR) is 127 cm³/mol. The summed E-state index contributed by atoms with van der Waals surface area (Å²) >= 11 is 6.25. The van der Waals surface area contributed by atoms with Crippen LogP contribution >= 0.6 is 11.6 Å². The number of likely N-dealkylation sites (tertiary alicyclic amines) is 1. The summed E-state index contributed by atoms with van der Waals surface area (Å²) < 4.78 is 1.79. The fourth-order valence-corrected chi connectivity index (χ4v) is 4.36. The van der Waals surface area contributed by atoms with Crippen LogP contribution in [0.4, 0.5) is 5.69 Å². The number of rotatable bonds is 6. The number of benzene rings is 2. The van der Waals surface area contributed by atoms with E-state index < -0.39 is 0 Å². The minimum atomic E-state index is 0.0262. The van der Waals surface area contributed by atoms with E-state index in [2.05, 4.69) is 46.6 Å². The third-order valence-corrected chi connectivity index (χ3v) is 6.05. The van der Waals surface area contributed by atoms with Crippen LogP contribution in [0.1, 0.15) is 25.3 Å². The van der Waals surface area contributed by atoms with E-state index in [0.29, 0.717) is 17.6 Å². The van der Waals surface area contributed by atoms with Crippen molar-refractivity contribution in [2.45, 2.75) is 32.4 Å². The summed E-state index contributed by atoms with van der Waals surface area (Å²) in [5, 5.41) is 5.33. The highest BCUT2D eigenvalue weighted by atomic mass is 35.5. The van der Waals surface area contributed by atoms with Gasteiger partial charge < -0.3 is 9.88 Å². The van der Waals surface area contributed by atoms with Crippen LogP contribution in [-0.4, -0.2) is 35.1 Å². The van der Waals surface area contributed by atoms with Crippen LogP contribution in [0.5, 0.6) is 0 Å². The van der Waals surface area contributed by atoms with Gasteiger partial charge in [0.25, 0.3) is 5.56 Å². The van der Waals surface area contributed by atoms with Gasteiger partial charge in [-0.2, -0.15) is 0 Å². The van der Waals surface area contributed by atoms with Crippen LogP contribution in [-0.2, 0) is 6.54 Å². The van der Waals surface area contributed by atoms with Gasteiger partial charge in [-0.15, -0.1) is 0 Å². The fraction of sp³-hybridized carbons (Fsp3) is 0.320. The van der Waals surface area contributed by atoms with Crippen molar-refractivity contribution in [3.8, 4) is 0 Å². The topological polar surface area (TPSA) is 37.3 Å². The Labute approximate surface area is 182 Å². The minimum absolute atomic E-state index is 0.0262. The molecule has 1 N–H and O–H groups in total. The molecule has 1 aromatic heterocycles. The minimum Gasteiger partial charge on any atom is -0.382 e. The Morgan fingerprint density at radius 1 is 1.10 bits per heavy atom. The van der Waals surface area contributed by atoms with Crippen molar-refractivity contribution in [2.75, 3.05) is 25.0 Å². The van der Waals surface area contributed by atoms with Crippen LogP contribution in [0.15, 0.2) is 65.5 Å². The highest BCUT2D eigenvalue weighted by Crippen LogP contribution is 2.27. The molecule has 0 bridgehead atoms. The number of nitrogens with zero attached hydrogens (tertiary/aromatic N) is 2. The molecule has 0 saturated carbocycles. The fourth-order valence-electron chi connectivity index (χ4n) is 4.18. The average molecular weight is 422 g/mol. The van der Waals surface area contributed by atoms with E-state index >= 15 is 0 Å². The molecule has 1 aliphatic heterocycles. The van der Waals surface area contributed by atoms with Crippen molar-refractivity contribution in [1.29, 1.82) is 0 Å². The number of fused-ring (bicyclic) bond motifs is 1. The Morgan fingerprint density at radius 2 is 1.87 bits per heavy atom. The highest BCUT2D eigenvalue weighted by Gasteiger charge is 2.19. The molecule has 4 rings (SSSR count). The van der Waals surface area contributed by atoms with Crippen LogP contribution in [0, 0.1) is 0 Å². The summed E-state index contributed by atoms with van der Waals surface area (Å²) in [5.41, 5.74) is 3.09. The first-order valence-corrected chi connectivity index (χ1v) is 11.1. The van der Waals surface area contributed by atoms with Gasteiger partial charge in [-0.25, -0.2) is 0 Å². The largest absolute Gasteiger partial charge is 0.382 e. The Balaban J connectivity index is 1.40. The van der Waals surface area contributed by atoms with Crippen molar-refractivity contribution < 1.29 is 0 Å². The van der Waals surface area contributed by atoms with E-state index in [9.17, 15) is 4.79 Å². The molecule has 0 atom stereocenters. The van der Waals surface area contributed by atoms with Crippen LogP contribution < -0.4 is 10.9 Å². The summed E-state index contributed by atoms with van der Waals surface area (Å²) in [5.74, 6) is 0. The molecule has 1 aliphatic rings. The normalized spacial score (nSPS) is 15.8. The number of piperidine rings is 1. The van der Waals surface area contributed by atoms with Gasteiger partial charge in [0.05, 0.1) is 5.52 Å². The SMILES string of the molecule is CCn1c(=O)cc(NC2CCN(CC=Cc3ccccc3)CC2)c2cc(Cl)ccc21. The van der Waals surface area contributed by atoms with Gasteiger partial charge in [0.1, 0.15) is 0 Å². The van der Waals surface area contributed by atoms with Crippen LogP contribution in [0.25, 0.3) is 17.0 Å². The third kappa shape index (κ3) is 4.77. The molecule has 0 radical (unpaired) electrons. The number of anilines is 1. The second-order valence-corrected chi connectivity index (χ2v) is 8.27. The van der Waals surface area contributed by atoms with Gasteiger partial charge in [-0.1, -0.05) is 54.1 Å². The Hall–Kier alpha value is -2.56. The molecule has 156 valence electrons. The first-order chi connectivity index (χ1) is 14.6. The molecule has 0 spiro atoms. The molecule has 0 aliphatic carbocycles. The Kier molecular flexibility index (Phi) is 6.56. The smallest absolute Gasteiger partial charge is 0.253 e. The molecule has 5 heteroatoms. The highest BCUT2D eigenvalue weighted by molar-refractivity contribution is 6.31. The van der Waals surface area contributed by atoms with Crippen LogP contribution in [0.3, 0.4) is 0 Å². The lowest BCUT2D eigenvalue weighted by atomic mass is 10.0. The number of hydrogen-bond acceptors (Lipinski definition) is 3. The molecule has 2 aromatic carbocycles. The van der Waals surface area contributed by atoms with Gasteiger partial charge in [0.15, 0.2) is 0 Å². The van der Waals surface area contributed by atoms with E-state index in [1.807, 2.05) is 31.2 Å². The van der Waals surface area contributed by atoms with E-state index in [-0.39, 0.29) is 5.56 Å². The van der Waals surface area contributed by atoms with Crippen LogP contribution in [0.2, 0.25) is 5.02 Å². The first kappa shape index (κ1) is 20.7. The summed E-state index contributed by atoms with van der Waals surface area (Å²) in [6.45, 7) is 5.69. The lowest BCUT2D eigenvalue weighted by Crippen LogP contribution is -2.39. The summed E-state index contributed by atoms with van der Waals surface area (Å²) in [6, 6.07) is 18.2. The van der Waals surface area contributed by atoms with Crippen molar-refractivity contribution in [3.05, 3.63) is 81.6 Å². The van der Waals surface area contributed by atoms with Gasteiger partial charge in [0, 0.05) is 54.4 Å². The maximum atomic E-state index is 12.6. The zero-order chi connectivity index (χ0) is 20.9. The number of aromatic nitrogens is 1. The third-order valence-electron chi connectivity index (χ3n) is 5.81. The summed E-state index contributed by atoms with van der Waals surface area (Å²) in [6.07, 6.45) is 6.53. The van der Waals surface area contributed by atoms with Gasteiger partial charge in [-0.05, 0) is 43.5 Å². The van der Waals surface area contributed by atoms with E-state index in [0.717, 1.165) is 49.1 Å². The van der Waals surface area contributed by atoms with Crippen molar-refractivity contribution in [3.63, 3.8) is 0 Å². The van der Waals surface area contributed by atoms with Crippen molar-refractivity contribution in [1.82, 2.24) is 9.47 Å². The van der Waals surface area contributed by atoms with Crippen molar-refractivity contribution >= 4 is 34.3 Å². The van der Waals surface area contributed by atoms with Gasteiger partial charge in [0.2, 0.25) is 0 Å². The van der Waals surface area contributed by atoms with Gasteiger partial charge in [-0.3, -0.25) is 9.69 Å².